The van der Waals surface area contributed by atoms with Gasteiger partial charge in [0.25, 0.3) is 0 Å². The Morgan fingerprint density at radius 1 is 1.11 bits per heavy atom. The Labute approximate surface area is 104 Å². The lowest BCUT2D eigenvalue weighted by atomic mass is 10.3. The minimum Gasteiger partial charge on any atom is -0.314 e. The zero-order valence-corrected chi connectivity index (χ0v) is 10.3. The van der Waals surface area contributed by atoms with Gasteiger partial charge in [-0.05, 0) is 12.1 Å². The molecule has 1 aliphatic rings. The summed E-state index contributed by atoms with van der Waals surface area (Å²) in [5.41, 5.74) is -0.119. The van der Waals surface area contributed by atoms with Gasteiger partial charge in [0.15, 0.2) is 0 Å². The fourth-order valence-corrected chi connectivity index (χ4v) is 2.92. The Kier molecular flexibility index (Phi) is 3.79. The van der Waals surface area contributed by atoms with Crippen LogP contribution in [0.25, 0.3) is 0 Å². The van der Waals surface area contributed by atoms with Gasteiger partial charge < -0.3 is 5.32 Å². The molecule has 0 saturated carbocycles. The number of halogens is 2. The zero-order valence-electron chi connectivity index (χ0n) is 9.49. The average molecular weight is 277 g/mol. The van der Waals surface area contributed by atoms with Gasteiger partial charge in [-0.1, -0.05) is 0 Å². The van der Waals surface area contributed by atoms with Crippen LogP contribution in [0.3, 0.4) is 0 Å². The quantitative estimate of drug-likeness (QED) is 0.847. The van der Waals surface area contributed by atoms with Crippen LogP contribution in [0.4, 0.5) is 14.5 Å². The van der Waals surface area contributed by atoms with Gasteiger partial charge in [-0.15, -0.1) is 0 Å². The molecule has 2 N–H and O–H groups in total. The highest BCUT2D eigenvalue weighted by Gasteiger charge is 2.23. The molecule has 0 unspecified atom stereocenters. The van der Waals surface area contributed by atoms with E-state index in [4.69, 9.17) is 0 Å². The first kappa shape index (κ1) is 13.2. The molecule has 0 spiro atoms. The number of benzene rings is 1. The molecule has 1 saturated heterocycles. The largest absolute Gasteiger partial charge is 0.314 e. The third-order valence-corrected chi connectivity index (χ3v) is 4.06. The lowest BCUT2D eigenvalue weighted by Crippen LogP contribution is -2.48. The van der Waals surface area contributed by atoms with E-state index in [2.05, 4.69) is 10.0 Å². The van der Waals surface area contributed by atoms with E-state index in [1.54, 1.807) is 0 Å². The van der Waals surface area contributed by atoms with Crippen molar-refractivity contribution < 1.29 is 17.2 Å². The molecule has 100 valence electrons. The van der Waals surface area contributed by atoms with Crippen molar-refractivity contribution in [3.05, 3.63) is 29.8 Å². The summed E-state index contributed by atoms with van der Waals surface area (Å²) in [5.74, 6) is -1.65. The number of piperazine rings is 1. The molecule has 0 amide bonds. The van der Waals surface area contributed by atoms with Gasteiger partial charge in [0.1, 0.15) is 11.6 Å². The fourth-order valence-electron chi connectivity index (χ4n) is 1.71. The maximum absolute atomic E-state index is 12.9. The van der Waals surface area contributed by atoms with Crippen LogP contribution >= 0.6 is 0 Å². The Hall–Kier alpha value is -1.25. The molecule has 18 heavy (non-hydrogen) atoms. The van der Waals surface area contributed by atoms with Crippen molar-refractivity contribution in [1.82, 2.24) is 9.62 Å². The SMILES string of the molecule is O=S(=O)(Nc1cc(F)cc(F)c1)N1CCNCC1. The maximum Gasteiger partial charge on any atom is 0.301 e. The molecular formula is C10H13F2N3O2S. The average Bonchev–Trinajstić information content (AvgIpc) is 2.28. The van der Waals surface area contributed by atoms with Crippen molar-refractivity contribution in [2.75, 3.05) is 30.9 Å². The van der Waals surface area contributed by atoms with Crippen molar-refractivity contribution in [3.63, 3.8) is 0 Å². The second-order valence-corrected chi connectivity index (χ2v) is 5.58. The summed E-state index contributed by atoms with van der Waals surface area (Å²) in [4.78, 5) is 0. The van der Waals surface area contributed by atoms with Crippen molar-refractivity contribution in [1.29, 1.82) is 0 Å². The Bertz CT molecular complexity index is 510. The Morgan fingerprint density at radius 2 is 1.67 bits per heavy atom. The van der Waals surface area contributed by atoms with Crippen LogP contribution in [0.15, 0.2) is 18.2 Å². The van der Waals surface area contributed by atoms with E-state index in [1.807, 2.05) is 0 Å². The minimum absolute atomic E-state index is 0.119. The van der Waals surface area contributed by atoms with Crippen LogP contribution < -0.4 is 10.0 Å². The molecule has 0 aliphatic carbocycles. The highest BCUT2D eigenvalue weighted by Crippen LogP contribution is 2.16. The number of hydrogen-bond acceptors (Lipinski definition) is 3. The summed E-state index contributed by atoms with van der Waals surface area (Å²) < 4.78 is 53.1. The van der Waals surface area contributed by atoms with Crippen LogP contribution in [0.1, 0.15) is 0 Å². The van der Waals surface area contributed by atoms with Crippen molar-refractivity contribution >= 4 is 15.9 Å². The van der Waals surface area contributed by atoms with Crippen LogP contribution in [0.5, 0.6) is 0 Å². The van der Waals surface area contributed by atoms with E-state index < -0.39 is 21.8 Å². The summed E-state index contributed by atoms with van der Waals surface area (Å²) >= 11 is 0. The smallest absolute Gasteiger partial charge is 0.301 e. The number of nitrogens with one attached hydrogen (secondary N) is 2. The summed E-state index contributed by atoms with van der Waals surface area (Å²) in [6.45, 7) is 1.76. The standard InChI is InChI=1S/C10H13F2N3O2S/c11-8-5-9(12)7-10(6-8)14-18(16,17)15-3-1-13-2-4-15/h5-7,13-14H,1-4H2. The monoisotopic (exact) mass is 277 g/mol. The Morgan fingerprint density at radius 3 is 2.22 bits per heavy atom. The highest BCUT2D eigenvalue weighted by atomic mass is 32.2. The van der Waals surface area contributed by atoms with Crippen molar-refractivity contribution in [3.8, 4) is 0 Å². The zero-order chi connectivity index (χ0) is 13.2. The van der Waals surface area contributed by atoms with E-state index in [0.717, 1.165) is 12.1 Å². The van der Waals surface area contributed by atoms with Gasteiger partial charge in [-0.25, -0.2) is 8.78 Å². The van der Waals surface area contributed by atoms with E-state index in [-0.39, 0.29) is 5.69 Å². The van der Waals surface area contributed by atoms with E-state index in [1.165, 1.54) is 4.31 Å². The topological polar surface area (TPSA) is 61.4 Å². The van der Waals surface area contributed by atoms with E-state index >= 15 is 0 Å². The molecular weight excluding hydrogens is 264 g/mol. The second kappa shape index (κ2) is 5.17. The first-order valence-electron chi connectivity index (χ1n) is 5.42. The van der Waals surface area contributed by atoms with Gasteiger partial charge in [0.2, 0.25) is 0 Å². The molecule has 5 nitrogen and oxygen atoms in total. The predicted octanol–water partition coefficient (Wildman–Crippen LogP) is 0.527. The van der Waals surface area contributed by atoms with Crippen LogP contribution in [0, 0.1) is 11.6 Å². The molecule has 1 heterocycles. The highest BCUT2D eigenvalue weighted by molar-refractivity contribution is 7.90. The molecule has 8 heteroatoms. The fraction of sp³-hybridized carbons (Fsp3) is 0.400. The first-order chi connectivity index (χ1) is 8.47. The molecule has 0 atom stereocenters. The third kappa shape index (κ3) is 3.15. The first-order valence-corrected chi connectivity index (χ1v) is 6.86. The van der Waals surface area contributed by atoms with E-state index in [9.17, 15) is 17.2 Å². The third-order valence-electron chi connectivity index (χ3n) is 2.53. The summed E-state index contributed by atoms with van der Waals surface area (Å²) in [7, 11) is -3.76. The Balaban J connectivity index is 2.16. The number of anilines is 1. The summed E-state index contributed by atoms with van der Waals surface area (Å²) in [5, 5.41) is 3.02. The van der Waals surface area contributed by atoms with Gasteiger partial charge in [-0.2, -0.15) is 12.7 Å². The maximum atomic E-state index is 12.9. The van der Waals surface area contributed by atoms with Gasteiger partial charge in [-0.3, -0.25) is 4.72 Å². The molecule has 2 rings (SSSR count). The molecule has 1 aromatic rings. The summed E-state index contributed by atoms with van der Waals surface area (Å²) in [6, 6.07) is 2.55. The number of nitrogens with zero attached hydrogens (tertiary/aromatic N) is 1. The van der Waals surface area contributed by atoms with Crippen molar-refractivity contribution in [2.24, 2.45) is 0 Å². The van der Waals surface area contributed by atoms with Gasteiger partial charge in [0, 0.05) is 32.2 Å². The predicted molar refractivity (Wildman–Crippen MR) is 63.3 cm³/mol. The summed E-state index contributed by atoms with van der Waals surface area (Å²) in [6.07, 6.45) is 0. The number of rotatable bonds is 3. The molecule has 0 bridgehead atoms. The minimum atomic E-state index is -3.76. The van der Waals surface area contributed by atoms with Crippen LogP contribution in [0.2, 0.25) is 0 Å². The van der Waals surface area contributed by atoms with Gasteiger partial charge in [0.05, 0.1) is 5.69 Å². The van der Waals surface area contributed by atoms with Crippen LogP contribution in [-0.2, 0) is 10.2 Å². The molecule has 1 aromatic carbocycles. The van der Waals surface area contributed by atoms with Crippen molar-refractivity contribution in [2.45, 2.75) is 0 Å². The molecule has 0 aromatic heterocycles. The second-order valence-electron chi connectivity index (χ2n) is 3.91. The molecule has 1 fully saturated rings. The lowest BCUT2D eigenvalue weighted by molar-refractivity contribution is 0.362. The lowest BCUT2D eigenvalue weighted by Gasteiger charge is -2.26. The van der Waals surface area contributed by atoms with Crippen LogP contribution in [-0.4, -0.2) is 38.9 Å². The van der Waals surface area contributed by atoms with Gasteiger partial charge >= 0.3 is 10.2 Å². The molecule has 0 radical (unpaired) electrons. The normalized spacial score (nSPS) is 17.7. The molecule has 1 aliphatic heterocycles. The number of hydrogen-bond donors (Lipinski definition) is 2. The van der Waals surface area contributed by atoms with E-state index in [0.29, 0.717) is 32.2 Å².